The molecule has 4 nitrogen and oxygen atoms in total. The van der Waals surface area contributed by atoms with Crippen LogP contribution in [-0.2, 0) is 0 Å². The molecule has 0 atom stereocenters. The fraction of sp³-hybridized carbons (Fsp3) is 0.957. The van der Waals surface area contributed by atoms with E-state index in [1.807, 2.05) is 0 Å². The van der Waals surface area contributed by atoms with Gasteiger partial charge in [0.1, 0.15) is 0 Å². The molecule has 0 aromatic heterocycles. The second-order valence-electron chi connectivity index (χ2n) is 10.3. The maximum absolute atomic E-state index is 6.07. The summed E-state index contributed by atoms with van der Waals surface area (Å²) >= 11 is 0. The van der Waals surface area contributed by atoms with Gasteiger partial charge in [0.25, 0.3) is 0 Å². The molecule has 5 aliphatic rings. The molecule has 4 saturated carbocycles. The highest BCUT2D eigenvalue weighted by molar-refractivity contribution is 5.85. The predicted molar refractivity (Wildman–Crippen MR) is 128 cm³/mol. The van der Waals surface area contributed by atoms with Gasteiger partial charge in [-0.3, -0.25) is 4.99 Å². The lowest BCUT2D eigenvalue weighted by Crippen LogP contribution is -2.46. The zero-order valence-corrected chi connectivity index (χ0v) is 19.9. The lowest BCUT2D eigenvalue weighted by molar-refractivity contribution is -0.0577. The minimum absolute atomic E-state index is 0. The van der Waals surface area contributed by atoms with E-state index in [1.165, 1.54) is 83.8 Å². The number of unbranched alkanes of at least 4 members (excludes halogenated alkanes) is 2. The van der Waals surface area contributed by atoms with Crippen LogP contribution in [0.2, 0.25) is 0 Å². The number of halogens is 2. The standard InChI is InChI=1S/C23H42N4.2ClH/c24-22(25-8-2-1-3-10-27-11-4-5-12-27)26-9-6-7-23-16-19-13-20(17-23)15-21(14-19)18-23;;/h19-21H,1-18H2,(H3,24,25,26);2*1H. The minimum Gasteiger partial charge on any atom is -0.370 e. The Labute approximate surface area is 191 Å². The summed E-state index contributed by atoms with van der Waals surface area (Å²) in [6, 6.07) is 0. The van der Waals surface area contributed by atoms with Gasteiger partial charge >= 0.3 is 0 Å². The van der Waals surface area contributed by atoms with E-state index in [0.717, 1.165) is 30.8 Å². The highest BCUT2D eigenvalue weighted by Gasteiger charge is 2.50. The highest BCUT2D eigenvalue weighted by atomic mass is 35.5. The first kappa shape index (κ1) is 25.1. The molecule has 1 aliphatic heterocycles. The van der Waals surface area contributed by atoms with E-state index in [1.54, 1.807) is 19.3 Å². The van der Waals surface area contributed by atoms with Gasteiger partial charge in [-0.25, -0.2) is 0 Å². The Morgan fingerprint density at radius 1 is 0.897 bits per heavy atom. The Morgan fingerprint density at radius 2 is 1.52 bits per heavy atom. The summed E-state index contributed by atoms with van der Waals surface area (Å²) in [5.41, 5.74) is 6.76. The van der Waals surface area contributed by atoms with Crippen molar-refractivity contribution in [1.82, 2.24) is 10.2 Å². The van der Waals surface area contributed by atoms with Gasteiger partial charge in [0, 0.05) is 13.1 Å². The summed E-state index contributed by atoms with van der Waals surface area (Å²) in [6.07, 6.45) is 18.5. The predicted octanol–water partition coefficient (Wildman–Crippen LogP) is 5.00. The number of nitrogens with two attached hydrogens (primary N) is 1. The van der Waals surface area contributed by atoms with Crippen molar-refractivity contribution < 1.29 is 0 Å². The summed E-state index contributed by atoms with van der Waals surface area (Å²) in [5.74, 6) is 3.87. The van der Waals surface area contributed by atoms with Crippen molar-refractivity contribution in [2.24, 2.45) is 33.9 Å². The molecule has 3 N–H and O–H groups in total. The van der Waals surface area contributed by atoms with Crippen molar-refractivity contribution >= 4 is 30.8 Å². The van der Waals surface area contributed by atoms with Crippen LogP contribution in [0.25, 0.3) is 0 Å². The molecule has 4 bridgehead atoms. The molecule has 5 fully saturated rings. The number of hydrogen-bond acceptors (Lipinski definition) is 2. The molecule has 0 aromatic carbocycles. The fourth-order valence-electron chi connectivity index (χ4n) is 7.17. The SMILES string of the molecule is Cl.Cl.NC(=NCCCC12CC3CC(CC(C3)C1)C2)NCCCCCN1CCCC1. The molecule has 0 aromatic rings. The maximum atomic E-state index is 6.07. The lowest BCUT2D eigenvalue weighted by Gasteiger charge is -2.57. The van der Waals surface area contributed by atoms with Gasteiger partial charge in [-0.2, -0.15) is 0 Å². The molecule has 0 spiro atoms. The smallest absolute Gasteiger partial charge is 0.188 e. The summed E-state index contributed by atoms with van der Waals surface area (Å²) in [4.78, 5) is 7.20. The molecular formula is C23H44Cl2N4. The van der Waals surface area contributed by atoms with Crippen molar-refractivity contribution in [2.75, 3.05) is 32.7 Å². The first-order chi connectivity index (χ1) is 13.2. The number of guanidine groups is 1. The van der Waals surface area contributed by atoms with Crippen molar-refractivity contribution in [3.8, 4) is 0 Å². The third-order valence-electron chi connectivity index (χ3n) is 7.97. The van der Waals surface area contributed by atoms with E-state index in [-0.39, 0.29) is 24.8 Å². The summed E-state index contributed by atoms with van der Waals surface area (Å²) in [7, 11) is 0. The number of nitrogens with zero attached hydrogens (tertiary/aromatic N) is 2. The Balaban J connectivity index is 0.00000150. The zero-order chi connectivity index (χ0) is 18.5. The highest BCUT2D eigenvalue weighted by Crippen LogP contribution is 2.61. The third kappa shape index (κ3) is 7.18. The molecular weight excluding hydrogens is 403 g/mol. The number of hydrogen-bond donors (Lipinski definition) is 2. The average molecular weight is 448 g/mol. The molecule has 0 amide bonds. The second-order valence-corrected chi connectivity index (χ2v) is 10.3. The summed E-state index contributed by atoms with van der Waals surface area (Å²) in [5, 5.41) is 3.32. The normalized spacial score (nSPS) is 33.4. The van der Waals surface area contributed by atoms with Gasteiger partial charge in [-0.1, -0.05) is 6.42 Å². The molecule has 6 heteroatoms. The first-order valence-corrected chi connectivity index (χ1v) is 12.0. The van der Waals surface area contributed by atoms with E-state index in [4.69, 9.17) is 5.73 Å². The number of rotatable bonds is 10. The van der Waals surface area contributed by atoms with Gasteiger partial charge in [0.15, 0.2) is 5.96 Å². The van der Waals surface area contributed by atoms with Gasteiger partial charge < -0.3 is 16.0 Å². The number of likely N-dealkylation sites (tertiary alicyclic amines) is 1. The van der Waals surface area contributed by atoms with Crippen LogP contribution in [0.5, 0.6) is 0 Å². The molecule has 29 heavy (non-hydrogen) atoms. The first-order valence-electron chi connectivity index (χ1n) is 12.0. The van der Waals surface area contributed by atoms with Crippen molar-refractivity contribution in [1.29, 1.82) is 0 Å². The molecule has 1 saturated heterocycles. The van der Waals surface area contributed by atoms with E-state index in [9.17, 15) is 0 Å². The van der Waals surface area contributed by atoms with Crippen molar-refractivity contribution in [3.05, 3.63) is 0 Å². The van der Waals surface area contributed by atoms with Crippen molar-refractivity contribution in [2.45, 2.75) is 83.5 Å². The van der Waals surface area contributed by atoms with Crippen LogP contribution in [0.4, 0.5) is 0 Å². The van der Waals surface area contributed by atoms with Crippen LogP contribution in [0.1, 0.15) is 83.5 Å². The van der Waals surface area contributed by atoms with Crippen molar-refractivity contribution in [3.63, 3.8) is 0 Å². The number of aliphatic imine (C=N–C) groups is 1. The van der Waals surface area contributed by atoms with E-state index in [0.29, 0.717) is 11.4 Å². The number of nitrogens with one attached hydrogen (secondary N) is 1. The van der Waals surface area contributed by atoms with Crippen LogP contribution in [0.3, 0.4) is 0 Å². The molecule has 170 valence electrons. The monoisotopic (exact) mass is 446 g/mol. The molecule has 4 aliphatic carbocycles. The van der Waals surface area contributed by atoms with Crippen LogP contribution < -0.4 is 11.1 Å². The Kier molecular flexibility index (Phi) is 10.4. The second kappa shape index (κ2) is 12.0. The molecule has 0 unspecified atom stereocenters. The molecule has 1 heterocycles. The third-order valence-corrected chi connectivity index (χ3v) is 7.97. The fourth-order valence-corrected chi connectivity index (χ4v) is 7.17. The molecule has 0 radical (unpaired) electrons. The van der Waals surface area contributed by atoms with E-state index < -0.39 is 0 Å². The van der Waals surface area contributed by atoms with E-state index >= 15 is 0 Å². The minimum atomic E-state index is 0. The van der Waals surface area contributed by atoms with Gasteiger partial charge in [-0.15, -0.1) is 24.8 Å². The Morgan fingerprint density at radius 3 is 2.14 bits per heavy atom. The maximum Gasteiger partial charge on any atom is 0.188 e. The van der Waals surface area contributed by atoms with E-state index in [2.05, 4.69) is 15.2 Å². The summed E-state index contributed by atoms with van der Waals surface area (Å²) < 4.78 is 0. The van der Waals surface area contributed by atoms with Crippen LogP contribution in [0.15, 0.2) is 4.99 Å². The topological polar surface area (TPSA) is 53.6 Å². The Hall–Kier alpha value is -0.190. The van der Waals surface area contributed by atoms with Crippen LogP contribution in [0, 0.1) is 23.2 Å². The summed E-state index contributed by atoms with van der Waals surface area (Å²) in [6.45, 7) is 5.82. The largest absolute Gasteiger partial charge is 0.370 e. The Bertz CT molecular complexity index is 470. The zero-order valence-electron chi connectivity index (χ0n) is 18.2. The molecule has 5 rings (SSSR count). The van der Waals surface area contributed by atoms with Crippen LogP contribution in [-0.4, -0.2) is 43.6 Å². The lowest BCUT2D eigenvalue weighted by atomic mass is 9.48. The van der Waals surface area contributed by atoms with Gasteiger partial charge in [0.05, 0.1) is 0 Å². The quantitative estimate of drug-likeness (QED) is 0.282. The van der Waals surface area contributed by atoms with Gasteiger partial charge in [-0.05, 0) is 120 Å². The average Bonchev–Trinajstić information content (AvgIpc) is 3.14. The van der Waals surface area contributed by atoms with Gasteiger partial charge in [0.2, 0.25) is 0 Å². The van der Waals surface area contributed by atoms with Crippen LogP contribution >= 0.6 is 24.8 Å².